The highest BCUT2D eigenvalue weighted by atomic mass is 32.2. The van der Waals surface area contributed by atoms with Gasteiger partial charge in [0.2, 0.25) is 0 Å². The first kappa shape index (κ1) is 14.6. The summed E-state index contributed by atoms with van der Waals surface area (Å²) in [6.07, 6.45) is 0. The Kier molecular flexibility index (Phi) is 2.80. The molecule has 0 bridgehead atoms. The number of hydrogen-bond acceptors (Lipinski definition) is 2. The fourth-order valence-electron chi connectivity index (χ4n) is 3.83. The third-order valence-electron chi connectivity index (χ3n) is 5.00. The van der Waals surface area contributed by atoms with Crippen molar-refractivity contribution in [1.82, 2.24) is 0 Å². The van der Waals surface area contributed by atoms with E-state index in [1.165, 1.54) is 41.7 Å². The number of hydrogen-bond donors (Lipinski definition) is 0. The highest BCUT2D eigenvalue weighted by molar-refractivity contribution is 7.45. The van der Waals surface area contributed by atoms with Crippen molar-refractivity contribution in [3.05, 3.63) is 72.3 Å². The van der Waals surface area contributed by atoms with Gasteiger partial charge in [-0.05, 0) is 45.8 Å². The van der Waals surface area contributed by atoms with E-state index in [9.17, 15) is 8.78 Å². The normalized spacial score (nSPS) is 12.2. The summed E-state index contributed by atoms with van der Waals surface area (Å²) in [5.74, 6) is -0.418. The van der Waals surface area contributed by atoms with E-state index in [0.29, 0.717) is 0 Å². The third kappa shape index (κ3) is 1.86. The van der Waals surface area contributed by atoms with E-state index in [0.717, 1.165) is 21.5 Å². The van der Waals surface area contributed by atoms with E-state index in [-0.39, 0.29) is 11.6 Å². The highest BCUT2D eigenvalue weighted by Gasteiger charge is 2.16. The molecule has 0 saturated heterocycles. The van der Waals surface area contributed by atoms with E-state index < -0.39 is 0 Å². The fraction of sp³-hybridized carbons (Fsp3) is 0. The maximum atomic E-state index is 13.5. The van der Waals surface area contributed by atoms with Crippen LogP contribution in [0.25, 0.3) is 51.1 Å². The van der Waals surface area contributed by atoms with E-state index in [4.69, 9.17) is 0 Å². The van der Waals surface area contributed by atoms with Crippen molar-refractivity contribution >= 4 is 73.8 Å². The Morgan fingerprint density at radius 1 is 0.538 bits per heavy atom. The van der Waals surface area contributed by atoms with Gasteiger partial charge in [0.05, 0.1) is 4.01 Å². The molecule has 0 aliphatic rings. The summed E-state index contributed by atoms with van der Waals surface area (Å²) in [5, 5.41) is 7.70. The van der Waals surface area contributed by atoms with Gasteiger partial charge in [-0.3, -0.25) is 0 Å². The number of thiophene rings is 2. The molecule has 2 aromatic heterocycles. The molecular formula is C22H10F2S2. The van der Waals surface area contributed by atoms with E-state index in [1.54, 1.807) is 34.8 Å². The molecule has 6 rings (SSSR count). The minimum Gasteiger partial charge on any atom is -0.207 e. The Hall–Kier alpha value is -2.56. The van der Waals surface area contributed by atoms with Crippen LogP contribution in [0.5, 0.6) is 0 Å². The molecule has 124 valence electrons. The van der Waals surface area contributed by atoms with Crippen molar-refractivity contribution in [1.29, 1.82) is 0 Å². The summed E-state index contributed by atoms with van der Waals surface area (Å²) in [6.45, 7) is 0. The average Bonchev–Trinajstić information content (AvgIpc) is 3.17. The lowest BCUT2D eigenvalue weighted by molar-refractivity contribution is 0.629. The van der Waals surface area contributed by atoms with Gasteiger partial charge in [0, 0.05) is 25.6 Å². The molecule has 0 amide bonds. The summed E-state index contributed by atoms with van der Waals surface area (Å²) in [7, 11) is 0. The van der Waals surface area contributed by atoms with Crippen LogP contribution >= 0.6 is 22.7 Å². The molecule has 26 heavy (non-hydrogen) atoms. The van der Waals surface area contributed by atoms with Crippen molar-refractivity contribution in [3.63, 3.8) is 0 Å². The second kappa shape index (κ2) is 5.00. The van der Waals surface area contributed by atoms with Gasteiger partial charge in [-0.1, -0.05) is 36.4 Å². The maximum absolute atomic E-state index is 13.5. The molecule has 0 N–H and O–H groups in total. The minimum atomic E-state index is -0.209. The van der Waals surface area contributed by atoms with Gasteiger partial charge in [0.1, 0.15) is 11.6 Å². The predicted molar refractivity (Wildman–Crippen MR) is 110 cm³/mol. The lowest BCUT2D eigenvalue weighted by Crippen LogP contribution is -1.78. The van der Waals surface area contributed by atoms with Crippen LogP contribution in [0.1, 0.15) is 0 Å². The molecule has 0 aliphatic carbocycles. The average molecular weight is 376 g/mol. The largest absolute Gasteiger partial charge is 0.207 e. The van der Waals surface area contributed by atoms with Crippen LogP contribution in [0.3, 0.4) is 0 Å². The van der Waals surface area contributed by atoms with E-state index in [1.807, 2.05) is 24.3 Å². The van der Waals surface area contributed by atoms with Gasteiger partial charge in [0.25, 0.3) is 0 Å². The van der Waals surface area contributed by atoms with Crippen LogP contribution in [0.15, 0.2) is 60.7 Å². The first-order valence-electron chi connectivity index (χ1n) is 8.24. The second-order valence-electron chi connectivity index (χ2n) is 6.48. The maximum Gasteiger partial charge on any atom is 0.123 e. The Labute approximate surface area is 154 Å². The number of benzene rings is 4. The second-order valence-corrected chi connectivity index (χ2v) is 8.78. The Morgan fingerprint density at radius 3 is 1.50 bits per heavy atom. The minimum absolute atomic E-state index is 0.209. The van der Waals surface area contributed by atoms with E-state index in [2.05, 4.69) is 12.1 Å². The Morgan fingerprint density at radius 2 is 1.00 bits per heavy atom. The monoisotopic (exact) mass is 376 g/mol. The van der Waals surface area contributed by atoms with Crippen LogP contribution in [0, 0.1) is 11.6 Å². The summed E-state index contributed by atoms with van der Waals surface area (Å²) in [5.41, 5.74) is 0. The predicted octanol–water partition coefficient (Wildman–Crippen LogP) is 7.85. The van der Waals surface area contributed by atoms with Gasteiger partial charge in [0.15, 0.2) is 0 Å². The molecular weight excluding hydrogens is 366 g/mol. The van der Waals surface area contributed by atoms with Crippen LogP contribution < -0.4 is 0 Å². The smallest absolute Gasteiger partial charge is 0.123 e. The zero-order valence-electron chi connectivity index (χ0n) is 13.3. The van der Waals surface area contributed by atoms with Crippen molar-refractivity contribution in [2.24, 2.45) is 0 Å². The van der Waals surface area contributed by atoms with Crippen molar-refractivity contribution in [2.75, 3.05) is 0 Å². The third-order valence-corrected chi connectivity index (χ3v) is 7.56. The highest BCUT2D eigenvalue weighted by Crippen LogP contribution is 2.47. The molecule has 4 heteroatoms. The molecule has 0 atom stereocenters. The summed E-state index contributed by atoms with van der Waals surface area (Å²) in [6, 6.07) is 18.1. The van der Waals surface area contributed by atoms with E-state index >= 15 is 0 Å². The van der Waals surface area contributed by atoms with Crippen molar-refractivity contribution in [2.45, 2.75) is 0 Å². The number of fused-ring (bicyclic) bond motifs is 9. The lowest BCUT2D eigenvalue weighted by Gasteiger charge is -2.02. The first-order valence-corrected chi connectivity index (χ1v) is 9.87. The Bertz CT molecular complexity index is 1390. The number of halogens is 2. The van der Waals surface area contributed by atoms with Gasteiger partial charge in [-0.25, -0.2) is 8.78 Å². The molecule has 0 unspecified atom stereocenters. The molecule has 0 saturated carbocycles. The molecule has 0 aliphatic heterocycles. The van der Waals surface area contributed by atoms with Crippen LogP contribution in [-0.2, 0) is 0 Å². The molecule has 0 nitrogen and oxygen atoms in total. The molecule has 6 aromatic rings. The quantitative estimate of drug-likeness (QED) is 0.253. The molecule has 0 spiro atoms. The summed E-state index contributed by atoms with van der Waals surface area (Å²) in [4.78, 5) is 0. The molecule has 0 fully saturated rings. The molecule has 4 aromatic carbocycles. The summed E-state index contributed by atoms with van der Waals surface area (Å²) >= 11 is 3.51. The van der Waals surface area contributed by atoms with Crippen molar-refractivity contribution in [3.8, 4) is 0 Å². The van der Waals surface area contributed by atoms with Gasteiger partial charge in [-0.15, -0.1) is 22.7 Å². The molecule has 2 heterocycles. The SMILES string of the molecule is Fc1ccc2c(ccc3c2sc2sc4c5ccc(F)cc5ccc4c23)c1. The van der Waals surface area contributed by atoms with Crippen LogP contribution in [0.4, 0.5) is 8.78 Å². The lowest BCUT2D eigenvalue weighted by atomic mass is 10.0. The van der Waals surface area contributed by atoms with Crippen LogP contribution in [0.2, 0.25) is 0 Å². The van der Waals surface area contributed by atoms with Crippen molar-refractivity contribution < 1.29 is 8.78 Å². The van der Waals surface area contributed by atoms with Gasteiger partial charge in [-0.2, -0.15) is 0 Å². The number of rotatable bonds is 0. The topological polar surface area (TPSA) is 0 Å². The van der Waals surface area contributed by atoms with Gasteiger partial charge < -0.3 is 0 Å². The van der Waals surface area contributed by atoms with Gasteiger partial charge >= 0.3 is 0 Å². The zero-order chi connectivity index (χ0) is 17.4. The molecule has 0 radical (unpaired) electrons. The summed E-state index contributed by atoms with van der Waals surface area (Å²) < 4.78 is 30.7. The van der Waals surface area contributed by atoms with Crippen LogP contribution in [-0.4, -0.2) is 0 Å². The first-order chi connectivity index (χ1) is 12.7. The zero-order valence-corrected chi connectivity index (χ0v) is 15.0. The Balaban J connectivity index is 1.80. The fourth-order valence-corrected chi connectivity index (χ4v) is 6.66. The standard InChI is InChI=1S/C22H10F2S2/c23-13-3-7-15-11(9-13)1-5-17-19-18-6-2-12-10-14(24)4-8-16(12)21(18)26-22(19)25-20(15)17/h1-10H.